The van der Waals surface area contributed by atoms with E-state index in [1.165, 1.54) is 25.3 Å². The predicted molar refractivity (Wildman–Crippen MR) is 108 cm³/mol. The number of ether oxygens (including phenoxy) is 1. The minimum Gasteiger partial charge on any atom is -0.436 e. The molecule has 3 rings (SSSR count). The summed E-state index contributed by atoms with van der Waals surface area (Å²) in [5, 5.41) is 13.4. The number of Topliss-reactive ketones (excluding diaryl/α,β-unsaturated/α-hetero) is 1. The standard InChI is InChI=1S/C18H16Cl2N4O5/c1-8(7-25)10-5-14(21-6-13(10)26)29-16-11(19)3-9(4-12(16)20)15-17(27)22-18(28)24(2)23-15/h3-5,8,25H,6-7H2,1-2H3,(H,22,27,28). The van der Waals surface area contributed by atoms with Gasteiger partial charge in [0.25, 0.3) is 5.56 Å². The number of ketones is 1. The lowest BCUT2D eigenvalue weighted by molar-refractivity contribution is -0.115. The molecular weight excluding hydrogens is 423 g/mol. The lowest BCUT2D eigenvalue weighted by atomic mass is 9.96. The van der Waals surface area contributed by atoms with E-state index >= 15 is 0 Å². The topological polar surface area (TPSA) is 127 Å². The number of nitrogens with one attached hydrogen (secondary N) is 1. The molecule has 152 valence electrons. The normalized spacial score (nSPS) is 15.0. The number of aromatic nitrogens is 3. The Bertz CT molecular complexity index is 1140. The summed E-state index contributed by atoms with van der Waals surface area (Å²) in [5.41, 5.74) is -0.700. The summed E-state index contributed by atoms with van der Waals surface area (Å²) in [4.78, 5) is 41.6. The van der Waals surface area contributed by atoms with Crippen LogP contribution in [0.15, 0.2) is 38.4 Å². The fourth-order valence-corrected chi connectivity index (χ4v) is 3.21. The van der Waals surface area contributed by atoms with E-state index in [2.05, 4.69) is 15.1 Å². The van der Waals surface area contributed by atoms with Gasteiger partial charge in [0.2, 0.25) is 5.90 Å². The van der Waals surface area contributed by atoms with Gasteiger partial charge in [-0.05, 0) is 12.1 Å². The summed E-state index contributed by atoms with van der Waals surface area (Å²) in [7, 11) is 1.39. The second-order valence-electron chi connectivity index (χ2n) is 6.36. The third kappa shape index (κ3) is 4.31. The maximum Gasteiger partial charge on any atom is 0.344 e. The van der Waals surface area contributed by atoms with Crippen molar-refractivity contribution in [2.45, 2.75) is 6.92 Å². The summed E-state index contributed by atoms with van der Waals surface area (Å²) < 4.78 is 6.65. The Hall–Kier alpha value is -2.75. The first kappa shape index (κ1) is 21.0. The van der Waals surface area contributed by atoms with Crippen LogP contribution in [0, 0.1) is 5.92 Å². The Morgan fingerprint density at radius 3 is 2.55 bits per heavy atom. The summed E-state index contributed by atoms with van der Waals surface area (Å²) >= 11 is 12.6. The fraction of sp³-hybridized carbons (Fsp3) is 0.278. The minimum atomic E-state index is -0.686. The molecular formula is C18H16Cl2N4O5. The first-order valence-corrected chi connectivity index (χ1v) is 9.21. The van der Waals surface area contributed by atoms with E-state index in [9.17, 15) is 19.5 Å². The zero-order chi connectivity index (χ0) is 21.3. The van der Waals surface area contributed by atoms with Crippen molar-refractivity contribution < 1.29 is 14.6 Å². The number of aryl methyl sites for hydroxylation is 1. The molecule has 0 radical (unpaired) electrons. The first-order chi connectivity index (χ1) is 13.7. The molecule has 0 amide bonds. The van der Waals surface area contributed by atoms with Crippen LogP contribution in [0.5, 0.6) is 5.75 Å². The molecule has 0 bridgehead atoms. The number of halogens is 2. The number of aliphatic imine (C=N–C) groups is 1. The van der Waals surface area contributed by atoms with Crippen molar-refractivity contribution in [2.24, 2.45) is 18.0 Å². The van der Waals surface area contributed by atoms with Crippen molar-refractivity contribution in [3.8, 4) is 17.0 Å². The summed E-state index contributed by atoms with van der Waals surface area (Å²) in [6.07, 6.45) is 1.44. The molecule has 1 aromatic heterocycles. The number of H-pyrrole nitrogens is 1. The van der Waals surface area contributed by atoms with Crippen LogP contribution in [-0.2, 0) is 11.8 Å². The number of aliphatic hydroxyl groups is 1. The second-order valence-corrected chi connectivity index (χ2v) is 7.18. The highest BCUT2D eigenvalue weighted by Crippen LogP contribution is 2.37. The SMILES string of the molecule is CC(CO)C1=CC(Oc2c(Cl)cc(-c3nn(C)c(=O)[nH]c3=O)cc2Cl)=NCC1=O. The summed E-state index contributed by atoms with van der Waals surface area (Å²) in [5.74, 6) is -0.368. The molecule has 29 heavy (non-hydrogen) atoms. The molecule has 0 saturated heterocycles. The third-order valence-corrected chi connectivity index (χ3v) is 4.80. The zero-order valence-electron chi connectivity index (χ0n) is 15.4. The fourth-order valence-electron chi connectivity index (χ4n) is 2.64. The number of carbonyl (C=O) groups excluding carboxylic acids is 1. The summed E-state index contributed by atoms with van der Waals surface area (Å²) in [6.45, 7) is 1.40. The first-order valence-electron chi connectivity index (χ1n) is 8.46. The van der Waals surface area contributed by atoms with Crippen molar-refractivity contribution in [1.82, 2.24) is 14.8 Å². The molecule has 2 aromatic rings. The molecule has 0 spiro atoms. The second kappa shape index (κ2) is 8.32. The highest BCUT2D eigenvalue weighted by Gasteiger charge is 2.23. The van der Waals surface area contributed by atoms with E-state index in [4.69, 9.17) is 27.9 Å². The number of benzene rings is 1. The van der Waals surface area contributed by atoms with Crippen LogP contribution in [0.2, 0.25) is 10.0 Å². The number of hydrogen-bond donors (Lipinski definition) is 2. The Morgan fingerprint density at radius 1 is 1.28 bits per heavy atom. The molecule has 1 aromatic carbocycles. The van der Waals surface area contributed by atoms with Gasteiger partial charge in [-0.25, -0.2) is 14.5 Å². The molecule has 1 aliphatic rings. The third-order valence-electron chi connectivity index (χ3n) is 4.24. The number of aliphatic hydroxyl groups excluding tert-OH is 1. The van der Waals surface area contributed by atoms with Crippen molar-refractivity contribution in [3.05, 3.63) is 54.7 Å². The molecule has 0 saturated carbocycles. The number of aromatic amines is 1. The Balaban J connectivity index is 1.96. The van der Waals surface area contributed by atoms with Crippen LogP contribution < -0.4 is 16.0 Å². The molecule has 1 aliphatic heterocycles. The predicted octanol–water partition coefficient (Wildman–Crippen LogP) is 1.36. The van der Waals surface area contributed by atoms with Crippen molar-refractivity contribution in [2.75, 3.05) is 13.2 Å². The molecule has 0 aliphatic carbocycles. The molecule has 2 heterocycles. The number of dihydropyridines is 1. The quantitative estimate of drug-likeness (QED) is 0.741. The smallest absolute Gasteiger partial charge is 0.344 e. The van der Waals surface area contributed by atoms with Gasteiger partial charge in [0.05, 0.1) is 10.0 Å². The van der Waals surface area contributed by atoms with Gasteiger partial charge in [-0.15, -0.1) is 0 Å². The van der Waals surface area contributed by atoms with Gasteiger partial charge >= 0.3 is 5.69 Å². The average molecular weight is 439 g/mol. The van der Waals surface area contributed by atoms with E-state index < -0.39 is 11.2 Å². The van der Waals surface area contributed by atoms with Gasteiger partial charge in [-0.1, -0.05) is 30.1 Å². The van der Waals surface area contributed by atoms with Crippen LogP contribution in [0.4, 0.5) is 0 Å². The maximum atomic E-state index is 12.0. The summed E-state index contributed by atoms with van der Waals surface area (Å²) in [6, 6.07) is 2.83. The van der Waals surface area contributed by atoms with Crippen molar-refractivity contribution in [1.29, 1.82) is 0 Å². The average Bonchev–Trinajstić information content (AvgIpc) is 2.68. The van der Waals surface area contributed by atoms with Gasteiger partial charge in [0.1, 0.15) is 6.54 Å². The van der Waals surface area contributed by atoms with E-state index in [-0.39, 0.29) is 57.8 Å². The number of nitrogens with zero attached hydrogens (tertiary/aromatic N) is 3. The van der Waals surface area contributed by atoms with Gasteiger partial charge in [-0.2, -0.15) is 5.10 Å². The van der Waals surface area contributed by atoms with E-state index in [0.29, 0.717) is 5.57 Å². The van der Waals surface area contributed by atoms with Gasteiger partial charge in [-0.3, -0.25) is 14.6 Å². The van der Waals surface area contributed by atoms with Gasteiger partial charge in [0, 0.05) is 36.8 Å². The zero-order valence-corrected chi connectivity index (χ0v) is 16.9. The highest BCUT2D eigenvalue weighted by atomic mass is 35.5. The molecule has 2 N–H and O–H groups in total. The van der Waals surface area contributed by atoms with Crippen LogP contribution >= 0.6 is 23.2 Å². The Labute approximate surface area is 174 Å². The molecule has 11 heteroatoms. The number of carbonyl (C=O) groups is 1. The molecule has 0 fully saturated rings. The number of hydrogen-bond acceptors (Lipinski definition) is 7. The van der Waals surface area contributed by atoms with Gasteiger partial charge in [0.15, 0.2) is 17.2 Å². The lowest BCUT2D eigenvalue weighted by Gasteiger charge is -2.18. The van der Waals surface area contributed by atoms with Crippen LogP contribution in [-0.4, -0.2) is 44.7 Å². The van der Waals surface area contributed by atoms with E-state index in [0.717, 1.165) is 4.68 Å². The van der Waals surface area contributed by atoms with Crippen molar-refractivity contribution in [3.63, 3.8) is 0 Å². The number of rotatable bonds is 4. The van der Waals surface area contributed by atoms with Crippen molar-refractivity contribution >= 4 is 34.9 Å². The van der Waals surface area contributed by atoms with E-state index in [1.807, 2.05) is 0 Å². The Kier molecular flexibility index (Phi) is 6.02. The van der Waals surface area contributed by atoms with Crippen LogP contribution in [0.1, 0.15) is 6.92 Å². The lowest BCUT2D eigenvalue weighted by Crippen LogP contribution is -2.31. The van der Waals surface area contributed by atoms with E-state index in [1.54, 1.807) is 6.92 Å². The molecule has 1 atom stereocenters. The Morgan fingerprint density at radius 2 is 1.93 bits per heavy atom. The van der Waals surface area contributed by atoms with Crippen LogP contribution in [0.25, 0.3) is 11.3 Å². The highest BCUT2D eigenvalue weighted by molar-refractivity contribution is 6.38. The molecule has 1 unspecified atom stereocenters. The largest absolute Gasteiger partial charge is 0.436 e. The molecule has 9 nitrogen and oxygen atoms in total. The monoisotopic (exact) mass is 438 g/mol. The van der Waals surface area contributed by atoms with Gasteiger partial charge < -0.3 is 9.84 Å². The minimum absolute atomic E-state index is 0.0398. The maximum absolute atomic E-state index is 12.0. The van der Waals surface area contributed by atoms with Crippen LogP contribution in [0.3, 0.4) is 0 Å².